The summed E-state index contributed by atoms with van der Waals surface area (Å²) in [5.41, 5.74) is 1.47. The van der Waals surface area contributed by atoms with Crippen LogP contribution in [0.15, 0.2) is 30.5 Å². The van der Waals surface area contributed by atoms with Gasteiger partial charge in [-0.3, -0.25) is 0 Å². The van der Waals surface area contributed by atoms with Gasteiger partial charge in [0.05, 0.1) is 12.0 Å². The molecular formula is C10H10ClNO2. The van der Waals surface area contributed by atoms with Gasteiger partial charge in [-0.1, -0.05) is 6.07 Å². The molecule has 1 heterocycles. The van der Waals surface area contributed by atoms with Gasteiger partial charge < -0.3 is 22.6 Å². The number of aliphatic hydroxyl groups is 1. The van der Waals surface area contributed by atoms with Crippen LogP contribution in [0.4, 0.5) is 0 Å². The quantitative estimate of drug-likeness (QED) is 0.566. The lowest BCUT2D eigenvalue weighted by atomic mass is 10.1. The van der Waals surface area contributed by atoms with E-state index in [9.17, 15) is 5.11 Å². The van der Waals surface area contributed by atoms with Crippen molar-refractivity contribution in [3.8, 4) is 5.75 Å². The van der Waals surface area contributed by atoms with Gasteiger partial charge in [0.25, 0.3) is 5.52 Å². The average Bonchev–Trinajstić information content (AvgIpc) is 2.19. The van der Waals surface area contributed by atoms with Crippen molar-refractivity contribution in [2.45, 2.75) is 6.61 Å². The molecule has 3 nitrogen and oxygen atoms in total. The molecule has 0 aliphatic heterocycles. The van der Waals surface area contributed by atoms with Crippen molar-refractivity contribution in [2.75, 3.05) is 0 Å². The number of H-pyrrole nitrogens is 1. The maximum atomic E-state index is 9.48. The van der Waals surface area contributed by atoms with Gasteiger partial charge in [0.2, 0.25) is 0 Å². The first-order valence-corrected chi connectivity index (χ1v) is 4.05. The number of aromatic amines is 1. The largest absolute Gasteiger partial charge is 1.00 e. The van der Waals surface area contributed by atoms with Crippen molar-refractivity contribution < 1.29 is 27.6 Å². The number of halogens is 1. The number of aliphatic hydroxyl groups excluding tert-OH is 1. The number of nitrogens with one attached hydrogen (secondary N) is 1. The molecule has 0 saturated carbocycles. The van der Waals surface area contributed by atoms with E-state index in [1.54, 1.807) is 18.3 Å². The number of hydrogen-bond acceptors (Lipinski definition) is 2. The van der Waals surface area contributed by atoms with Gasteiger partial charge >= 0.3 is 0 Å². The Balaban J connectivity index is 0.000000980. The Morgan fingerprint density at radius 1 is 1.21 bits per heavy atom. The maximum absolute atomic E-state index is 9.48. The zero-order valence-electron chi connectivity index (χ0n) is 7.37. The zero-order valence-corrected chi connectivity index (χ0v) is 8.12. The van der Waals surface area contributed by atoms with E-state index in [2.05, 4.69) is 4.98 Å². The molecule has 74 valence electrons. The summed E-state index contributed by atoms with van der Waals surface area (Å²) in [5.74, 6) is 0.202. The molecule has 2 aromatic rings. The second-order valence-electron chi connectivity index (χ2n) is 2.86. The molecule has 0 atom stereocenters. The topological polar surface area (TPSA) is 54.6 Å². The summed E-state index contributed by atoms with van der Waals surface area (Å²) in [4.78, 5) is 2.93. The summed E-state index contributed by atoms with van der Waals surface area (Å²) in [7, 11) is 0. The average molecular weight is 212 g/mol. The van der Waals surface area contributed by atoms with Crippen LogP contribution in [0.5, 0.6) is 5.75 Å². The Morgan fingerprint density at radius 3 is 2.71 bits per heavy atom. The van der Waals surface area contributed by atoms with Crippen LogP contribution in [0.2, 0.25) is 0 Å². The highest BCUT2D eigenvalue weighted by Crippen LogP contribution is 2.23. The molecular weight excluding hydrogens is 202 g/mol. The number of aromatic nitrogens is 1. The predicted octanol–water partition coefficient (Wildman–Crippen LogP) is -2.14. The van der Waals surface area contributed by atoms with E-state index in [4.69, 9.17) is 5.11 Å². The first-order valence-electron chi connectivity index (χ1n) is 4.05. The lowest BCUT2D eigenvalue weighted by Crippen LogP contribution is -3.00. The zero-order chi connectivity index (χ0) is 9.26. The highest BCUT2D eigenvalue weighted by molar-refractivity contribution is 5.84. The monoisotopic (exact) mass is 211 g/mol. The second-order valence-corrected chi connectivity index (χ2v) is 2.86. The molecule has 0 aliphatic carbocycles. The van der Waals surface area contributed by atoms with Crippen molar-refractivity contribution in [3.63, 3.8) is 0 Å². The van der Waals surface area contributed by atoms with E-state index in [0.29, 0.717) is 5.52 Å². The fraction of sp³-hybridized carbons (Fsp3) is 0.100. The molecule has 0 saturated heterocycles. The lowest BCUT2D eigenvalue weighted by molar-refractivity contribution is -0.345. The molecule has 14 heavy (non-hydrogen) atoms. The van der Waals surface area contributed by atoms with Crippen molar-refractivity contribution >= 4 is 10.9 Å². The number of phenols is 1. The van der Waals surface area contributed by atoms with E-state index >= 15 is 0 Å². The van der Waals surface area contributed by atoms with Crippen LogP contribution in [0.25, 0.3) is 10.9 Å². The van der Waals surface area contributed by atoms with Crippen molar-refractivity contribution in [1.82, 2.24) is 0 Å². The number of rotatable bonds is 1. The van der Waals surface area contributed by atoms with Crippen LogP contribution >= 0.6 is 0 Å². The molecule has 3 N–H and O–H groups in total. The van der Waals surface area contributed by atoms with Crippen molar-refractivity contribution in [2.24, 2.45) is 0 Å². The smallest absolute Gasteiger partial charge is 0.253 e. The second kappa shape index (κ2) is 4.26. The summed E-state index contributed by atoms with van der Waals surface area (Å²) >= 11 is 0. The van der Waals surface area contributed by atoms with Crippen molar-refractivity contribution in [1.29, 1.82) is 0 Å². The molecule has 0 spiro atoms. The minimum Gasteiger partial charge on any atom is -1.00 e. The summed E-state index contributed by atoms with van der Waals surface area (Å²) in [6, 6.07) is 6.98. The van der Waals surface area contributed by atoms with Gasteiger partial charge in [-0.2, -0.15) is 0 Å². The lowest BCUT2D eigenvalue weighted by Gasteiger charge is -1.99. The van der Waals surface area contributed by atoms with Gasteiger partial charge in [0.15, 0.2) is 11.9 Å². The maximum Gasteiger partial charge on any atom is 0.253 e. The van der Waals surface area contributed by atoms with E-state index in [0.717, 1.165) is 10.9 Å². The third-order valence-electron chi connectivity index (χ3n) is 2.07. The van der Waals surface area contributed by atoms with E-state index in [1.165, 1.54) is 0 Å². The van der Waals surface area contributed by atoms with Crippen LogP contribution in [0.1, 0.15) is 5.56 Å². The van der Waals surface area contributed by atoms with Crippen LogP contribution in [0.3, 0.4) is 0 Å². The normalized spacial score (nSPS) is 9.79. The summed E-state index contributed by atoms with van der Waals surface area (Å²) in [6.45, 7) is -0.0192. The van der Waals surface area contributed by atoms with E-state index < -0.39 is 0 Å². The van der Waals surface area contributed by atoms with Gasteiger partial charge in [-0.05, 0) is 17.7 Å². The highest BCUT2D eigenvalue weighted by Gasteiger charge is 2.08. The Kier molecular flexibility index (Phi) is 3.28. The molecule has 4 heteroatoms. The number of aromatic hydroxyl groups is 1. The van der Waals surface area contributed by atoms with E-state index in [-0.39, 0.29) is 24.8 Å². The minimum atomic E-state index is -0.0192. The molecule has 2 rings (SSSR count). The van der Waals surface area contributed by atoms with Crippen LogP contribution in [0, 0.1) is 0 Å². The molecule has 1 aromatic carbocycles. The van der Waals surface area contributed by atoms with Crippen LogP contribution in [-0.2, 0) is 6.61 Å². The van der Waals surface area contributed by atoms with Crippen molar-refractivity contribution in [3.05, 3.63) is 36.0 Å². The SMILES string of the molecule is OCc1ccc(O)c2[nH+]cccc12.[Cl-]. The van der Waals surface area contributed by atoms with Gasteiger partial charge in [0.1, 0.15) is 0 Å². The summed E-state index contributed by atoms with van der Waals surface area (Å²) < 4.78 is 0. The third-order valence-corrected chi connectivity index (χ3v) is 2.07. The highest BCUT2D eigenvalue weighted by atomic mass is 35.5. The standard InChI is InChI=1S/C10H9NO2.ClH/c12-6-7-3-4-9(13)10-8(7)2-1-5-11-10;/h1-5,12-13H,6H2;1H. The van der Waals surface area contributed by atoms with Gasteiger partial charge in [-0.25, -0.2) is 4.98 Å². The third kappa shape index (κ3) is 1.64. The first kappa shape index (κ1) is 10.8. The Hall–Kier alpha value is -1.32. The summed E-state index contributed by atoms with van der Waals surface area (Å²) in [6.07, 6.45) is 1.74. The minimum absolute atomic E-state index is 0. The molecule has 0 fully saturated rings. The number of phenolic OH excluding ortho intramolecular Hbond substituents is 1. The molecule has 1 aromatic heterocycles. The van der Waals surface area contributed by atoms with Crippen LogP contribution in [-0.4, -0.2) is 10.2 Å². The molecule has 0 amide bonds. The van der Waals surface area contributed by atoms with Gasteiger partial charge in [0, 0.05) is 6.07 Å². The molecule has 0 unspecified atom stereocenters. The number of fused-ring (bicyclic) bond motifs is 1. The Morgan fingerprint density at radius 2 is 2.00 bits per heavy atom. The molecule has 0 bridgehead atoms. The number of pyridine rings is 1. The number of hydrogen-bond donors (Lipinski definition) is 2. The van der Waals surface area contributed by atoms with E-state index in [1.807, 2.05) is 12.1 Å². The van der Waals surface area contributed by atoms with Crippen LogP contribution < -0.4 is 17.4 Å². The summed E-state index contributed by atoms with van der Waals surface area (Å²) in [5, 5.41) is 19.4. The predicted molar refractivity (Wildman–Crippen MR) is 48.1 cm³/mol. The fourth-order valence-corrected chi connectivity index (χ4v) is 1.41. The molecule has 0 radical (unpaired) electrons. The Bertz CT molecular complexity index is 445. The first-order chi connectivity index (χ1) is 6.33. The van der Waals surface area contributed by atoms with Gasteiger partial charge in [-0.15, -0.1) is 0 Å². The fourth-order valence-electron chi connectivity index (χ4n) is 1.41. The Labute approximate surface area is 87.4 Å². The number of benzene rings is 1. The molecule has 0 aliphatic rings.